The zero-order chi connectivity index (χ0) is 21.8. The van der Waals surface area contributed by atoms with Crippen molar-refractivity contribution in [2.45, 2.75) is 25.6 Å². The van der Waals surface area contributed by atoms with Gasteiger partial charge in [-0.15, -0.1) is 0 Å². The van der Waals surface area contributed by atoms with Crippen molar-refractivity contribution in [2.75, 3.05) is 44.7 Å². The molecule has 1 atom stereocenters. The quantitative estimate of drug-likeness (QED) is 0.579. The fourth-order valence-electron chi connectivity index (χ4n) is 4.90. The van der Waals surface area contributed by atoms with E-state index in [0.29, 0.717) is 6.04 Å². The van der Waals surface area contributed by atoms with Crippen molar-refractivity contribution in [1.82, 2.24) is 9.80 Å². The lowest BCUT2D eigenvalue weighted by atomic mass is 9.97. The molecule has 0 saturated carbocycles. The van der Waals surface area contributed by atoms with Gasteiger partial charge in [-0.1, -0.05) is 66.7 Å². The van der Waals surface area contributed by atoms with E-state index in [1.807, 2.05) is 0 Å². The standard InChI is InChI=1S/C28H33N3O/c1-29-15-17-30(18-16-29)27-13-8-14-28-26(27)19-25(22-32-28)31(20-23-9-4-2-5-10-23)21-24-11-6-3-7-12-24/h2-14,25H,15-22H2,1H3/t25-/m0/s1. The van der Waals surface area contributed by atoms with E-state index in [1.165, 1.54) is 22.4 Å². The third-order valence-corrected chi connectivity index (χ3v) is 6.80. The number of fused-ring (bicyclic) bond motifs is 1. The van der Waals surface area contributed by atoms with Gasteiger partial charge in [0, 0.05) is 56.6 Å². The normalized spacial score (nSPS) is 18.9. The Morgan fingerprint density at radius 2 is 1.41 bits per heavy atom. The number of hydrogen-bond donors (Lipinski definition) is 0. The highest BCUT2D eigenvalue weighted by atomic mass is 16.5. The average molecular weight is 428 g/mol. The number of piperazine rings is 1. The molecule has 1 fully saturated rings. The van der Waals surface area contributed by atoms with Crippen molar-refractivity contribution in [3.05, 3.63) is 95.6 Å². The van der Waals surface area contributed by atoms with Gasteiger partial charge in [0.1, 0.15) is 12.4 Å². The summed E-state index contributed by atoms with van der Waals surface area (Å²) in [5.74, 6) is 1.07. The Kier molecular flexibility index (Phi) is 6.42. The molecule has 2 aliphatic rings. The van der Waals surface area contributed by atoms with E-state index in [0.717, 1.165) is 58.0 Å². The molecule has 0 N–H and O–H groups in total. The van der Waals surface area contributed by atoms with Crippen LogP contribution in [0.25, 0.3) is 0 Å². The third kappa shape index (κ3) is 4.82. The van der Waals surface area contributed by atoms with E-state index < -0.39 is 0 Å². The number of likely N-dealkylation sites (N-methyl/N-ethyl adjacent to an activating group) is 1. The van der Waals surface area contributed by atoms with Gasteiger partial charge in [0.15, 0.2) is 0 Å². The predicted molar refractivity (Wildman–Crippen MR) is 131 cm³/mol. The molecule has 0 bridgehead atoms. The summed E-state index contributed by atoms with van der Waals surface area (Å²) in [5.41, 5.74) is 5.43. The second-order valence-electron chi connectivity index (χ2n) is 9.09. The van der Waals surface area contributed by atoms with E-state index >= 15 is 0 Å². The fraction of sp³-hybridized carbons (Fsp3) is 0.357. The first kappa shape index (κ1) is 21.0. The first-order chi connectivity index (χ1) is 15.8. The molecule has 4 heteroatoms. The van der Waals surface area contributed by atoms with Crippen LogP contribution in [0.15, 0.2) is 78.9 Å². The SMILES string of the molecule is CN1CCN(c2cccc3c2C[C@H](N(Cc2ccccc2)Cc2ccccc2)CO3)CC1. The van der Waals surface area contributed by atoms with Gasteiger partial charge in [0.25, 0.3) is 0 Å². The van der Waals surface area contributed by atoms with Crippen LogP contribution in [0.5, 0.6) is 5.75 Å². The highest BCUT2D eigenvalue weighted by molar-refractivity contribution is 5.60. The first-order valence-corrected chi connectivity index (χ1v) is 11.8. The van der Waals surface area contributed by atoms with Crippen LogP contribution in [0.4, 0.5) is 5.69 Å². The molecule has 0 amide bonds. The Hall–Kier alpha value is -2.82. The minimum atomic E-state index is 0.344. The number of ether oxygens (including phenoxy) is 1. The lowest BCUT2D eigenvalue weighted by Gasteiger charge is -2.39. The number of hydrogen-bond acceptors (Lipinski definition) is 4. The first-order valence-electron chi connectivity index (χ1n) is 11.8. The molecule has 0 aromatic heterocycles. The minimum absolute atomic E-state index is 0.344. The maximum Gasteiger partial charge on any atom is 0.124 e. The topological polar surface area (TPSA) is 19.0 Å². The van der Waals surface area contributed by atoms with Crippen LogP contribution >= 0.6 is 0 Å². The van der Waals surface area contributed by atoms with E-state index in [1.54, 1.807) is 0 Å². The summed E-state index contributed by atoms with van der Waals surface area (Å²) in [7, 11) is 2.21. The second-order valence-corrected chi connectivity index (χ2v) is 9.09. The number of anilines is 1. The predicted octanol–water partition coefficient (Wildman–Crippen LogP) is 4.44. The molecule has 0 aliphatic carbocycles. The third-order valence-electron chi connectivity index (χ3n) is 6.80. The van der Waals surface area contributed by atoms with Crippen molar-refractivity contribution in [3.8, 4) is 5.75 Å². The van der Waals surface area contributed by atoms with Crippen LogP contribution in [0.2, 0.25) is 0 Å². The highest BCUT2D eigenvalue weighted by Gasteiger charge is 2.29. The fourth-order valence-corrected chi connectivity index (χ4v) is 4.90. The Morgan fingerprint density at radius 1 is 0.781 bits per heavy atom. The average Bonchev–Trinajstić information content (AvgIpc) is 2.85. The molecule has 3 aromatic rings. The molecule has 4 nitrogen and oxygen atoms in total. The molecular formula is C28H33N3O. The molecule has 3 aromatic carbocycles. The van der Waals surface area contributed by atoms with Crippen LogP contribution < -0.4 is 9.64 Å². The zero-order valence-electron chi connectivity index (χ0n) is 19.0. The molecule has 2 heterocycles. The monoisotopic (exact) mass is 427 g/mol. The van der Waals surface area contributed by atoms with Crippen molar-refractivity contribution < 1.29 is 4.74 Å². The van der Waals surface area contributed by atoms with Gasteiger partial charge >= 0.3 is 0 Å². The van der Waals surface area contributed by atoms with Gasteiger partial charge in [0.2, 0.25) is 0 Å². The summed E-state index contributed by atoms with van der Waals surface area (Å²) in [6.07, 6.45) is 1.03. The van der Waals surface area contributed by atoms with E-state index in [-0.39, 0.29) is 0 Å². The molecule has 0 spiro atoms. The van der Waals surface area contributed by atoms with E-state index in [9.17, 15) is 0 Å². The van der Waals surface area contributed by atoms with Gasteiger partial charge in [-0.25, -0.2) is 0 Å². The Bertz CT molecular complexity index is 958. The number of benzene rings is 3. The molecule has 2 aliphatic heterocycles. The maximum absolute atomic E-state index is 6.37. The zero-order valence-corrected chi connectivity index (χ0v) is 19.0. The summed E-state index contributed by atoms with van der Waals surface area (Å²) in [6, 6.07) is 28.5. The molecule has 166 valence electrons. The Morgan fingerprint density at radius 3 is 2.03 bits per heavy atom. The molecule has 1 saturated heterocycles. The molecule has 32 heavy (non-hydrogen) atoms. The van der Waals surface area contributed by atoms with Crippen LogP contribution in [0.3, 0.4) is 0 Å². The highest BCUT2D eigenvalue weighted by Crippen LogP contribution is 2.35. The number of rotatable bonds is 6. The minimum Gasteiger partial charge on any atom is -0.492 e. The van der Waals surface area contributed by atoms with Gasteiger partial charge in [-0.3, -0.25) is 4.90 Å². The van der Waals surface area contributed by atoms with Gasteiger partial charge in [-0.2, -0.15) is 0 Å². The van der Waals surface area contributed by atoms with Crippen molar-refractivity contribution in [3.63, 3.8) is 0 Å². The van der Waals surface area contributed by atoms with Crippen LogP contribution in [-0.2, 0) is 19.5 Å². The van der Waals surface area contributed by atoms with Crippen LogP contribution in [-0.4, -0.2) is 55.7 Å². The van der Waals surface area contributed by atoms with Crippen molar-refractivity contribution in [2.24, 2.45) is 0 Å². The smallest absolute Gasteiger partial charge is 0.124 e. The van der Waals surface area contributed by atoms with Crippen LogP contribution in [0.1, 0.15) is 16.7 Å². The Labute approximate surface area is 192 Å². The Balaban J connectivity index is 1.40. The van der Waals surface area contributed by atoms with E-state index in [4.69, 9.17) is 4.74 Å². The summed E-state index contributed by atoms with van der Waals surface area (Å²) in [4.78, 5) is 7.55. The van der Waals surface area contributed by atoms with Crippen LogP contribution in [0, 0.1) is 0 Å². The molecule has 5 rings (SSSR count). The molecule has 0 radical (unpaired) electrons. The summed E-state index contributed by atoms with van der Waals surface area (Å²) in [6.45, 7) is 6.97. The second kappa shape index (κ2) is 9.76. The lowest BCUT2D eigenvalue weighted by Crippen LogP contribution is -2.46. The largest absolute Gasteiger partial charge is 0.492 e. The van der Waals surface area contributed by atoms with E-state index in [2.05, 4.69) is 101 Å². The molecule has 0 unspecified atom stereocenters. The number of nitrogens with zero attached hydrogens (tertiary/aromatic N) is 3. The maximum atomic E-state index is 6.37. The van der Waals surface area contributed by atoms with Gasteiger partial charge in [-0.05, 0) is 36.7 Å². The van der Waals surface area contributed by atoms with Crippen molar-refractivity contribution >= 4 is 5.69 Å². The summed E-state index contributed by atoms with van der Waals surface area (Å²) >= 11 is 0. The van der Waals surface area contributed by atoms with Gasteiger partial charge in [0.05, 0.1) is 0 Å². The van der Waals surface area contributed by atoms with Gasteiger partial charge < -0.3 is 14.5 Å². The lowest BCUT2D eigenvalue weighted by molar-refractivity contribution is 0.106. The summed E-state index contributed by atoms with van der Waals surface area (Å²) < 4.78 is 6.37. The molecular weight excluding hydrogens is 394 g/mol. The van der Waals surface area contributed by atoms with Crippen molar-refractivity contribution in [1.29, 1.82) is 0 Å². The summed E-state index contributed by atoms with van der Waals surface area (Å²) in [5, 5.41) is 0.